The molecule has 1 aromatic carbocycles. The first-order valence-electron chi connectivity index (χ1n) is 5.44. The normalized spacial score (nSPS) is 11.8. The SMILES string of the molecule is COc1ccc(NC(C(N)=O)c2ccco2)cc1. The summed E-state index contributed by atoms with van der Waals surface area (Å²) in [5.74, 6) is 0.730. The van der Waals surface area contributed by atoms with Crippen LogP contribution in [0.5, 0.6) is 5.75 Å². The Balaban J connectivity index is 2.16. The van der Waals surface area contributed by atoms with Crippen molar-refractivity contribution in [3.8, 4) is 5.75 Å². The minimum absolute atomic E-state index is 0.485. The zero-order valence-electron chi connectivity index (χ0n) is 9.92. The Kier molecular flexibility index (Phi) is 3.52. The summed E-state index contributed by atoms with van der Waals surface area (Å²) in [6.07, 6.45) is 1.50. The maximum Gasteiger partial charge on any atom is 0.247 e. The van der Waals surface area contributed by atoms with Crippen LogP contribution in [0.4, 0.5) is 5.69 Å². The van der Waals surface area contributed by atoms with E-state index in [1.54, 1.807) is 43.5 Å². The predicted molar refractivity (Wildman–Crippen MR) is 67.3 cm³/mol. The van der Waals surface area contributed by atoms with Crippen LogP contribution < -0.4 is 15.8 Å². The number of hydrogen-bond acceptors (Lipinski definition) is 4. The molecule has 0 aliphatic heterocycles. The number of furan rings is 1. The fourth-order valence-electron chi connectivity index (χ4n) is 1.59. The number of amides is 1. The van der Waals surface area contributed by atoms with Crippen LogP contribution in [0.25, 0.3) is 0 Å². The molecule has 0 aliphatic rings. The molecule has 1 aromatic heterocycles. The second-order valence-electron chi connectivity index (χ2n) is 3.72. The lowest BCUT2D eigenvalue weighted by atomic mass is 10.2. The summed E-state index contributed by atoms with van der Waals surface area (Å²) in [5.41, 5.74) is 6.11. The average Bonchev–Trinajstić information content (AvgIpc) is 2.90. The van der Waals surface area contributed by atoms with E-state index in [1.807, 2.05) is 0 Å². The molecular formula is C13H14N2O3. The van der Waals surface area contributed by atoms with Gasteiger partial charge in [-0.3, -0.25) is 4.79 Å². The molecule has 1 unspecified atom stereocenters. The number of benzene rings is 1. The zero-order valence-corrected chi connectivity index (χ0v) is 9.92. The molecule has 0 bridgehead atoms. The van der Waals surface area contributed by atoms with Crippen molar-refractivity contribution in [2.75, 3.05) is 12.4 Å². The first-order chi connectivity index (χ1) is 8.70. The van der Waals surface area contributed by atoms with Crippen LogP contribution in [0.3, 0.4) is 0 Å². The number of carbonyl (C=O) groups is 1. The highest BCUT2D eigenvalue weighted by Gasteiger charge is 2.20. The Morgan fingerprint density at radius 3 is 2.56 bits per heavy atom. The molecule has 94 valence electrons. The minimum Gasteiger partial charge on any atom is -0.497 e. The van der Waals surface area contributed by atoms with Gasteiger partial charge >= 0.3 is 0 Å². The molecule has 5 nitrogen and oxygen atoms in total. The summed E-state index contributed by atoms with van der Waals surface area (Å²) < 4.78 is 10.2. The summed E-state index contributed by atoms with van der Waals surface area (Å²) in [6.45, 7) is 0. The van der Waals surface area contributed by atoms with Crippen molar-refractivity contribution in [2.24, 2.45) is 5.73 Å². The Morgan fingerprint density at radius 1 is 1.33 bits per heavy atom. The number of hydrogen-bond donors (Lipinski definition) is 2. The van der Waals surface area contributed by atoms with E-state index in [1.165, 1.54) is 6.26 Å². The number of methoxy groups -OCH3 is 1. The fourth-order valence-corrected chi connectivity index (χ4v) is 1.59. The van der Waals surface area contributed by atoms with E-state index in [2.05, 4.69) is 5.32 Å². The summed E-state index contributed by atoms with van der Waals surface area (Å²) in [4.78, 5) is 11.4. The quantitative estimate of drug-likeness (QED) is 0.845. The van der Waals surface area contributed by atoms with Gasteiger partial charge in [-0.25, -0.2) is 0 Å². The van der Waals surface area contributed by atoms with E-state index in [0.29, 0.717) is 5.76 Å². The third-order valence-electron chi connectivity index (χ3n) is 2.51. The number of rotatable bonds is 5. The molecule has 0 saturated carbocycles. The Morgan fingerprint density at radius 2 is 2.06 bits per heavy atom. The lowest BCUT2D eigenvalue weighted by molar-refractivity contribution is -0.119. The standard InChI is InChI=1S/C13H14N2O3/c1-17-10-6-4-9(5-7-10)15-12(13(14)16)11-3-2-8-18-11/h2-8,12,15H,1H3,(H2,14,16). The van der Waals surface area contributed by atoms with Gasteiger partial charge in [0.25, 0.3) is 0 Å². The summed E-state index contributed by atoms with van der Waals surface area (Å²) >= 11 is 0. The average molecular weight is 246 g/mol. The highest BCUT2D eigenvalue weighted by molar-refractivity contribution is 5.83. The molecule has 18 heavy (non-hydrogen) atoms. The topological polar surface area (TPSA) is 77.5 Å². The number of anilines is 1. The number of ether oxygens (including phenoxy) is 1. The van der Waals surface area contributed by atoms with Crippen LogP contribution in [0.1, 0.15) is 11.8 Å². The molecule has 0 saturated heterocycles. The van der Waals surface area contributed by atoms with Crippen LogP contribution >= 0.6 is 0 Å². The maximum absolute atomic E-state index is 11.4. The molecule has 1 amide bonds. The lowest BCUT2D eigenvalue weighted by Gasteiger charge is -2.14. The van der Waals surface area contributed by atoms with Gasteiger partial charge in [0, 0.05) is 5.69 Å². The predicted octanol–water partition coefficient (Wildman–Crippen LogP) is 1.93. The van der Waals surface area contributed by atoms with Gasteiger partial charge in [0.2, 0.25) is 5.91 Å². The highest BCUT2D eigenvalue weighted by atomic mass is 16.5. The largest absolute Gasteiger partial charge is 0.497 e. The Hall–Kier alpha value is -2.43. The highest BCUT2D eigenvalue weighted by Crippen LogP contribution is 2.21. The molecule has 2 aromatic rings. The van der Waals surface area contributed by atoms with Gasteiger partial charge in [-0.05, 0) is 36.4 Å². The molecule has 1 heterocycles. The van der Waals surface area contributed by atoms with Gasteiger partial charge in [0.15, 0.2) is 6.04 Å². The van der Waals surface area contributed by atoms with Crippen LogP contribution in [0.15, 0.2) is 47.1 Å². The molecule has 0 radical (unpaired) electrons. The first kappa shape index (κ1) is 12.0. The summed E-state index contributed by atoms with van der Waals surface area (Å²) in [5, 5.41) is 3.01. The second-order valence-corrected chi connectivity index (χ2v) is 3.72. The molecule has 0 fully saturated rings. The molecular weight excluding hydrogens is 232 g/mol. The first-order valence-corrected chi connectivity index (χ1v) is 5.44. The number of nitrogens with one attached hydrogen (secondary N) is 1. The van der Waals surface area contributed by atoms with Crippen molar-refractivity contribution in [1.29, 1.82) is 0 Å². The smallest absolute Gasteiger partial charge is 0.247 e. The van der Waals surface area contributed by atoms with Gasteiger partial charge in [0.05, 0.1) is 13.4 Å². The fraction of sp³-hybridized carbons (Fsp3) is 0.154. The van der Waals surface area contributed by atoms with E-state index >= 15 is 0 Å². The van der Waals surface area contributed by atoms with Crippen LogP contribution in [-0.4, -0.2) is 13.0 Å². The molecule has 0 spiro atoms. The number of nitrogens with two attached hydrogens (primary N) is 1. The summed E-state index contributed by atoms with van der Waals surface area (Å²) in [6, 6.07) is 9.92. The van der Waals surface area contributed by atoms with Crippen LogP contribution in [0.2, 0.25) is 0 Å². The van der Waals surface area contributed by atoms with E-state index in [4.69, 9.17) is 14.9 Å². The van der Waals surface area contributed by atoms with Gasteiger partial charge in [0.1, 0.15) is 11.5 Å². The molecule has 5 heteroatoms. The number of primary amides is 1. The van der Waals surface area contributed by atoms with Crippen molar-refractivity contribution in [1.82, 2.24) is 0 Å². The minimum atomic E-state index is -0.687. The number of carbonyl (C=O) groups excluding carboxylic acids is 1. The molecule has 1 atom stereocenters. The maximum atomic E-state index is 11.4. The van der Waals surface area contributed by atoms with Gasteiger partial charge < -0.3 is 20.2 Å². The van der Waals surface area contributed by atoms with Crippen molar-refractivity contribution in [3.63, 3.8) is 0 Å². The van der Waals surface area contributed by atoms with E-state index in [9.17, 15) is 4.79 Å². The third kappa shape index (κ3) is 2.63. The van der Waals surface area contributed by atoms with Crippen molar-refractivity contribution in [2.45, 2.75) is 6.04 Å². The van der Waals surface area contributed by atoms with Crippen molar-refractivity contribution >= 4 is 11.6 Å². The third-order valence-corrected chi connectivity index (χ3v) is 2.51. The molecule has 3 N–H and O–H groups in total. The molecule has 2 rings (SSSR count). The van der Waals surface area contributed by atoms with Crippen molar-refractivity contribution in [3.05, 3.63) is 48.4 Å². The second kappa shape index (κ2) is 5.27. The van der Waals surface area contributed by atoms with Crippen LogP contribution in [-0.2, 0) is 4.79 Å². The van der Waals surface area contributed by atoms with Gasteiger partial charge in [-0.15, -0.1) is 0 Å². The molecule has 0 aliphatic carbocycles. The zero-order chi connectivity index (χ0) is 13.0. The van der Waals surface area contributed by atoms with Gasteiger partial charge in [-0.2, -0.15) is 0 Å². The monoisotopic (exact) mass is 246 g/mol. The Bertz CT molecular complexity index is 506. The van der Waals surface area contributed by atoms with Gasteiger partial charge in [-0.1, -0.05) is 0 Å². The van der Waals surface area contributed by atoms with Crippen LogP contribution in [0, 0.1) is 0 Å². The van der Waals surface area contributed by atoms with E-state index < -0.39 is 11.9 Å². The lowest BCUT2D eigenvalue weighted by Crippen LogP contribution is -2.27. The Labute approximate surface area is 105 Å². The van der Waals surface area contributed by atoms with E-state index in [0.717, 1.165) is 11.4 Å². The summed E-state index contributed by atoms with van der Waals surface area (Å²) in [7, 11) is 1.59. The van der Waals surface area contributed by atoms with Crippen molar-refractivity contribution < 1.29 is 13.9 Å². The van der Waals surface area contributed by atoms with E-state index in [-0.39, 0.29) is 0 Å².